The highest BCUT2D eigenvalue weighted by atomic mass is 32.1. The van der Waals surface area contributed by atoms with Crippen molar-refractivity contribution in [3.8, 4) is 27.7 Å². The van der Waals surface area contributed by atoms with Crippen LogP contribution in [0.4, 0.5) is 18.9 Å². The zero-order valence-corrected chi connectivity index (χ0v) is 13.0. The molecule has 128 valence electrons. The monoisotopic (exact) mass is 367 g/mol. The summed E-state index contributed by atoms with van der Waals surface area (Å²) in [7, 11) is 0. The first-order valence-electron chi connectivity index (χ1n) is 6.76. The molecule has 0 atom stereocenters. The van der Waals surface area contributed by atoms with Crippen LogP contribution in [0.25, 0.3) is 22.0 Å². The number of non-ortho nitro benzene ring substituents is 1. The average Bonchev–Trinajstić information content (AvgIpc) is 3.04. The molecule has 0 N–H and O–H groups in total. The minimum atomic E-state index is -4.74. The fourth-order valence-corrected chi connectivity index (χ4v) is 2.68. The molecule has 3 rings (SSSR count). The summed E-state index contributed by atoms with van der Waals surface area (Å²) in [5.74, 6) is 0.0573. The van der Waals surface area contributed by atoms with E-state index in [0.717, 1.165) is 11.5 Å². The summed E-state index contributed by atoms with van der Waals surface area (Å²) in [5, 5.41) is 11.2. The van der Waals surface area contributed by atoms with Gasteiger partial charge in [0.05, 0.1) is 4.92 Å². The van der Waals surface area contributed by atoms with Crippen LogP contribution in [0.3, 0.4) is 0 Å². The van der Waals surface area contributed by atoms with Gasteiger partial charge >= 0.3 is 6.36 Å². The highest BCUT2D eigenvalue weighted by molar-refractivity contribution is 7.09. The molecule has 3 aromatic rings. The van der Waals surface area contributed by atoms with E-state index in [1.54, 1.807) is 0 Å². The standard InChI is InChI=1S/C15H8F3N3O3S/c16-15(17,18)24-12-7-3-10(4-8-12)14-19-13(20-25-14)9-1-5-11(6-2-9)21(22)23/h1-8H. The smallest absolute Gasteiger partial charge is 0.406 e. The maximum Gasteiger partial charge on any atom is 0.573 e. The van der Waals surface area contributed by atoms with Gasteiger partial charge in [-0.2, -0.15) is 4.37 Å². The van der Waals surface area contributed by atoms with E-state index in [2.05, 4.69) is 14.1 Å². The van der Waals surface area contributed by atoms with Gasteiger partial charge < -0.3 is 4.74 Å². The Morgan fingerprint density at radius 1 is 1.00 bits per heavy atom. The van der Waals surface area contributed by atoms with Gasteiger partial charge in [0.2, 0.25) is 0 Å². The van der Waals surface area contributed by atoms with Gasteiger partial charge in [0.15, 0.2) is 5.82 Å². The van der Waals surface area contributed by atoms with Crippen molar-refractivity contribution in [1.29, 1.82) is 0 Å². The van der Waals surface area contributed by atoms with E-state index in [4.69, 9.17) is 0 Å². The lowest BCUT2D eigenvalue weighted by molar-refractivity contribution is -0.384. The van der Waals surface area contributed by atoms with E-state index in [-0.39, 0.29) is 11.4 Å². The van der Waals surface area contributed by atoms with Gasteiger partial charge in [-0.15, -0.1) is 13.2 Å². The molecule has 25 heavy (non-hydrogen) atoms. The van der Waals surface area contributed by atoms with Crippen molar-refractivity contribution in [3.63, 3.8) is 0 Å². The number of aromatic nitrogens is 2. The van der Waals surface area contributed by atoms with Gasteiger partial charge in [0.1, 0.15) is 10.8 Å². The third-order valence-corrected chi connectivity index (χ3v) is 3.86. The topological polar surface area (TPSA) is 78.2 Å². The number of alkyl halides is 3. The minimum absolute atomic E-state index is 0.0422. The highest BCUT2D eigenvalue weighted by Crippen LogP contribution is 2.29. The lowest BCUT2D eigenvalue weighted by atomic mass is 10.2. The first-order valence-corrected chi connectivity index (χ1v) is 7.54. The van der Waals surface area contributed by atoms with Crippen molar-refractivity contribution in [3.05, 3.63) is 58.6 Å². The Bertz CT molecular complexity index is 893. The molecule has 0 saturated heterocycles. The molecular formula is C15H8F3N3O3S. The summed E-state index contributed by atoms with van der Waals surface area (Å²) >= 11 is 1.07. The molecule has 0 saturated carbocycles. The zero-order chi connectivity index (χ0) is 18.0. The van der Waals surface area contributed by atoms with Gasteiger partial charge in [0, 0.05) is 23.3 Å². The van der Waals surface area contributed by atoms with E-state index in [1.807, 2.05) is 0 Å². The molecule has 0 unspecified atom stereocenters. The second-order valence-electron chi connectivity index (χ2n) is 4.80. The summed E-state index contributed by atoms with van der Waals surface area (Å²) in [4.78, 5) is 14.4. The number of ether oxygens (including phenoxy) is 1. The van der Waals surface area contributed by atoms with Crippen LogP contribution in [0, 0.1) is 10.1 Å². The number of nitro benzene ring substituents is 1. The van der Waals surface area contributed by atoms with Crippen molar-refractivity contribution < 1.29 is 22.8 Å². The SMILES string of the molecule is O=[N+]([O-])c1ccc(-c2nsc(-c3ccc(OC(F)(F)F)cc3)n2)cc1. The van der Waals surface area contributed by atoms with Crippen LogP contribution >= 0.6 is 11.5 Å². The van der Waals surface area contributed by atoms with Crippen molar-refractivity contribution in [2.45, 2.75) is 6.36 Å². The summed E-state index contributed by atoms with van der Waals surface area (Å²) in [6.07, 6.45) is -4.74. The normalized spacial score (nSPS) is 11.3. The molecule has 1 heterocycles. The lowest BCUT2D eigenvalue weighted by Crippen LogP contribution is -2.16. The number of hydrogen-bond acceptors (Lipinski definition) is 6. The van der Waals surface area contributed by atoms with Crippen LogP contribution in [-0.2, 0) is 0 Å². The van der Waals surface area contributed by atoms with Crippen molar-refractivity contribution in [1.82, 2.24) is 9.36 Å². The quantitative estimate of drug-likeness (QED) is 0.494. The third kappa shape index (κ3) is 4.10. The predicted molar refractivity (Wildman–Crippen MR) is 84.1 cm³/mol. The molecule has 1 aromatic heterocycles. The van der Waals surface area contributed by atoms with Gasteiger partial charge in [-0.25, -0.2) is 4.98 Å². The van der Waals surface area contributed by atoms with Crippen LogP contribution in [0.5, 0.6) is 5.75 Å². The molecule has 0 aliphatic rings. The summed E-state index contributed by atoms with van der Waals surface area (Å²) in [6, 6.07) is 11.0. The molecule has 0 bridgehead atoms. The average molecular weight is 367 g/mol. The minimum Gasteiger partial charge on any atom is -0.406 e. The number of nitrogens with zero attached hydrogens (tertiary/aromatic N) is 3. The Balaban J connectivity index is 1.80. The second kappa shape index (κ2) is 6.48. The molecule has 6 nitrogen and oxygen atoms in total. The Kier molecular flexibility index (Phi) is 4.36. The van der Waals surface area contributed by atoms with E-state index < -0.39 is 11.3 Å². The third-order valence-electron chi connectivity index (χ3n) is 3.10. The highest BCUT2D eigenvalue weighted by Gasteiger charge is 2.31. The molecule has 0 radical (unpaired) electrons. The van der Waals surface area contributed by atoms with Crippen LogP contribution in [0.1, 0.15) is 0 Å². The summed E-state index contributed by atoms with van der Waals surface area (Å²) in [5.41, 5.74) is 1.14. The van der Waals surface area contributed by atoms with Crippen LogP contribution in [0.2, 0.25) is 0 Å². The zero-order valence-electron chi connectivity index (χ0n) is 12.2. The molecule has 10 heteroatoms. The van der Waals surface area contributed by atoms with Crippen molar-refractivity contribution >= 4 is 17.2 Å². The molecule has 0 amide bonds. The molecule has 0 spiro atoms. The van der Waals surface area contributed by atoms with E-state index >= 15 is 0 Å². The largest absolute Gasteiger partial charge is 0.573 e. The molecule has 0 aliphatic carbocycles. The number of rotatable bonds is 4. The Hall–Kier alpha value is -3.01. The van der Waals surface area contributed by atoms with Crippen LogP contribution < -0.4 is 4.74 Å². The molecule has 0 fully saturated rings. The molecular weight excluding hydrogens is 359 g/mol. The summed E-state index contributed by atoms with van der Waals surface area (Å²) < 4.78 is 44.4. The van der Waals surface area contributed by atoms with Gasteiger partial charge in [0.25, 0.3) is 5.69 Å². The Labute approximate surface area is 142 Å². The number of benzene rings is 2. The van der Waals surface area contributed by atoms with E-state index in [1.165, 1.54) is 48.5 Å². The van der Waals surface area contributed by atoms with Gasteiger partial charge in [-0.05, 0) is 47.9 Å². The van der Waals surface area contributed by atoms with E-state index in [9.17, 15) is 23.3 Å². The molecule has 0 aliphatic heterocycles. The van der Waals surface area contributed by atoms with Crippen molar-refractivity contribution in [2.24, 2.45) is 0 Å². The first kappa shape index (κ1) is 16.8. The van der Waals surface area contributed by atoms with Crippen LogP contribution in [-0.4, -0.2) is 20.6 Å². The predicted octanol–water partition coefficient (Wildman–Crippen LogP) is 4.68. The first-order chi connectivity index (χ1) is 11.8. The maximum atomic E-state index is 12.1. The number of halogens is 3. The Morgan fingerprint density at radius 3 is 2.16 bits per heavy atom. The van der Waals surface area contributed by atoms with Crippen LogP contribution in [0.15, 0.2) is 48.5 Å². The summed E-state index contributed by atoms with van der Waals surface area (Å²) in [6.45, 7) is 0. The lowest BCUT2D eigenvalue weighted by Gasteiger charge is -2.08. The fourth-order valence-electron chi connectivity index (χ4n) is 1.99. The number of hydrogen-bond donors (Lipinski definition) is 0. The maximum absolute atomic E-state index is 12.1. The number of nitro groups is 1. The molecule has 2 aromatic carbocycles. The Morgan fingerprint density at radius 2 is 1.60 bits per heavy atom. The van der Waals surface area contributed by atoms with Gasteiger partial charge in [-0.3, -0.25) is 10.1 Å². The van der Waals surface area contributed by atoms with Crippen molar-refractivity contribution in [2.75, 3.05) is 0 Å². The second-order valence-corrected chi connectivity index (χ2v) is 5.55. The fraction of sp³-hybridized carbons (Fsp3) is 0.0667. The van der Waals surface area contributed by atoms with E-state index in [0.29, 0.717) is 22.0 Å². The van der Waals surface area contributed by atoms with Gasteiger partial charge in [-0.1, -0.05) is 0 Å².